The number of rotatable bonds is 8. The van der Waals surface area contributed by atoms with E-state index in [1.807, 2.05) is 0 Å². The van der Waals surface area contributed by atoms with Crippen LogP contribution in [0.3, 0.4) is 0 Å². The summed E-state index contributed by atoms with van der Waals surface area (Å²) in [5.41, 5.74) is 0. The quantitative estimate of drug-likeness (QED) is 0.351. The molecule has 0 aliphatic rings. The Labute approximate surface area is 102 Å². The van der Waals surface area contributed by atoms with Gasteiger partial charge in [0.15, 0.2) is 0 Å². The molecule has 0 saturated carbocycles. The van der Waals surface area contributed by atoms with Crippen molar-refractivity contribution in [3.05, 3.63) is 12.7 Å². The Morgan fingerprint density at radius 1 is 1.35 bits per heavy atom. The molecule has 0 amide bonds. The maximum atomic E-state index is 9.84. The molecule has 0 aromatic heterocycles. The Balaban J connectivity index is 0. The Morgan fingerprint density at radius 2 is 1.94 bits per heavy atom. The van der Waals surface area contributed by atoms with Crippen molar-refractivity contribution in [2.45, 2.75) is 13.0 Å². The van der Waals surface area contributed by atoms with E-state index in [4.69, 9.17) is 19.7 Å². The number of aliphatic hydroxyl groups excluding tert-OH is 2. The van der Waals surface area contributed by atoms with Gasteiger partial charge in [-0.05, 0) is 6.92 Å². The van der Waals surface area contributed by atoms with Gasteiger partial charge < -0.3 is 24.4 Å². The summed E-state index contributed by atoms with van der Waals surface area (Å²) in [7, 11) is 1.31. The van der Waals surface area contributed by atoms with Crippen LogP contribution in [0.15, 0.2) is 12.7 Å². The van der Waals surface area contributed by atoms with Crippen LogP contribution in [0.5, 0.6) is 0 Å². The average molecular weight is 250 g/mol. The maximum absolute atomic E-state index is 9.84. The summed E-state index contributed by atoms with van der Waals surface area (Å²) in [6, 6.07) is 0. The highest BCUT2D eigenvalue weighted by atomic mass is 16.5. The van der Waals surface area contributed by atoms with Gasteiger partial charge in [-0.25, -0.2) is 4.79 Å². The Kier molecular flexibility index (Phi) is 16.3. The van der Waals surface area contributed by atoms with Crippen LogP contribution in [0.25, 0.3) is 0 Å². The second kappa shape index (κ2) is 15.0. The number of carbonyl (C=O) groups excluding carboxylic acids is 1. The molecule has 0 fully saturated rings. The minimum absolute atomic E-state index is 0.0381. The second-order valence-corrected chi connectivity index (χ2v) is 2.99. The van der Waals surface area contributed by atoms with Crippen LogP contribution < -0.4 is 0 Å². The summed E-state index contributed by atoms with van der Waals surface area (Å²) in [4.78, 5) is 9.84. The van der Waals surface area contributed by atoms with E-state index in [0.29, 0.717) is 26.4 Å². The van der Waals surface area contributed by atoms with Gasteiger partial charge >= 0.3 is 5.97 Å². The van der Waals surface area contributed by atoms with Crippen molar-refractivity contribution < 1.29 is 29.2 Å². The minimum Gasteiger partial charge on any atom is -0.466 e. The number of esters is 1. The van der Waals surface area contributed by atoms with Crippen molar-refractivity contribution in [3.63, 3.8) is 0 Å². The lowest BCUT2D eigenvalue weighted by Crippen LogP contribution is -2.14. The highest BCUT2D eigenvalue weighted by Crippen LogP contribution is 1.83. The lowest BCUT2D eigenvalue weighted by atomic mass is 10.4. The van der Waals surface area contributed by atoms with E-state index in [9.17, 15) is 4.79 Å². The number of hydrogen-bond acceptors (Lipinski definition) is 6. The number of hydrogen-bond donors (Lipinski definition) is 2. The average Bonchev–Trinajstić information content (AvgIpc) is 2.33. The van der Waals surface area contributed by atoms with E-state index in [1.165, 1.54) is 7.11 Å². The summed E-state index contributed by atoms with van der Waals surface area (Å²) < 4.78 is 14.0. The fourth-order valence-electron chi connectivity index (χ4n) is 0.622. The van der Waals surface area contributed by atoms with Gasteiger partial charge in [-0.15, -0.1) is 0 Å². The molecule has 0 aliphatic carbocycles. The molecular formula is C11H22O6. The minimum atomic E-state index is -0.423. The third-order valence-corrected chi connectivity index (χ3v) is 1.33. The zero-order chi connectivity index (χ0) is 13.5. The van der Waals surface area contributed by atoms with E-state index in [0.717, 1.165) is 6.08 Å². The molecular weight excluding hydrogens is 228 g/mol. The molecule has 0 saturated heterocycles. The molecule has 0 aliphatic heterocycles. The summed E-state index contributed by atoms with van der Waals surface area (Å²) >= 11 is 0. The molecule has 0 aromatic rings. The molecule has 0 aromatic carbocycles. The molecule has 1 atom stereocenters. The third-order valence-electron chi connectivity index (χ3n) is 1.33. The Bertz CT molecular complexity index is 181. The third kappa shape index (κ3) is 21.0. The van der Waals surface area contributed by atoms with Crippen LogP contribution in [0.2, 0.25) is 0 Å². The van der Waals surface area contributed by atoms with E-state index < -0.39 is 12.1 Å². The molecule has 17 heavy (non-hydrogen) atoms. The monoisotopic (exact) mass is 250 g/mol. The summed E-state index contributed by atoms with van der Waals surface area (Å²) in [5.74, 6) is -0.394. The van der Waals surface area contributed by atoms with E-state index >= 15 is 0 Å². The van der Waals surface area contributed by atoms with Gasteiger partial charge in [0, 0.05) is 6.08 Å². The summed E-state index contributed by atoms with van der Waals surface area (Å²) in [6.45, 7) is 6.47. The highest BCUT2D eigenvalue weighted by Gasteiger charge is 1.94. The standard InChI is InChI=1S/C7H16O4.C4H6O2/c1-7(9)6-11-5-4-10-3-2-8;1-3-4(5)6-2/h7-9H,2-6H2,1H3;3H,1H2,2H3. The molecule has 0 rings (SSSR count). The van der Waals surface area contributed by atoms with Crippen molar-refractivity contribution in [3.8, 4) is 0 Å². The predicted octanol–water partition coefficient (Wildman–Crippen LogP) is -0.262. The molecule has 102 valence electrons. The van der Waals surface area contributed by atoms with Crippen LogP contribution in [-0.2, 0) is 19.0 Å². The van der Waals surface area contributed by atoms with Crippen molar-refractivity contribution in [1.29, 1.82) is 0 Å². The van der Waals surface area contributed by atoms with Crippen LogP contribution in [0.1, 0.15) is 6.92 Å². The van der Waals surface area contributed by atoms with Crippen molar-refractivity contribution in [1.82, 2.24) is 0 Å². The molecule has 1 unspecified atom stereocenters. The number of aliphatic hydroxyl groups is 2. The highest BCUT2D eigenvalue weighted by molar-refractivity contribution is 5.80. The van der Waals surface area contributed by atoms with E-state index in [1.54, 1.807) is 6.92 Å². The summed E-state index contributed by atoms with van der Waals surface area (Å²) in [5, 5.41) is 17.1. The van der Waals surface area contributed by atoms with Gasteiger partial charge in [0.1, 0.15) is 0 Å². The lowest BCUT2D eigenvalue weighted by molar-refractivity contribution is -0.134. The van der Waals surface area contributed by atoms with Crippen molar-refractivity contribution in [2.24, 2.45) is 0 Å². The van der Waals surface area contributed by atoms with E-state index in [-0.39, 0.29) is 6.61 Å². The Hall–Kier alpha value is -0.950. The molecule has 0 bridgehead atoms. The fourth-order valence-corrected chi connectivity index (χ4v) is 0.622. The first-order chi connectivity index (χ1) is 8.08. The predicted molar refractivity (Wildman–Crippen MR) is 62.6 cm³/mol. The maximum Gasteiger partial charge on any atom is 0.329 e. The summed E-state index contributed by atoms with van der Waals surface area (Å²) in [6.07, 6.45) is 0.688. The van der Waals surface area contributed by atoms with Crippen LogP contribution in [0.4, 0.5) is 0 Å². The van der Waals surface area contributed by atoms with Gasteiger partial charge in [0.25, 0.3) is 0 Å². The molecule has 6 nitrogen and oxygen atoms in total. The molecule has 0 radical (unpaired) electrons. The van der Waals surface area contributed by atoms with Gasteiger partial charge in [-0.2, -0.15) is 0 Å². The lowest BCUT2D eigenvalue weighted by Gasteiger charge is -2.05. The van der Waals surface area contributed by atoms with Gasteiger partial charge in [0.2, 0.25) is 0 Å². The number of methoxy groups -OCH3 is 1. The van der Waals surface area contributed by atoms with Gasteiger partial charge in [0.05, 0.1) is 46.2 Å². The molecule has 0 heterocycles. The SMILES string of the molecule is C=CC(=O)OC.CC(O)COCCOCCO. The second-order valence-electron chi connectivity index (χ2n) is 2.99. The fraction of sp³-hybridized carbons (Fsp3) is 0.727. The number of ether oxygens (including phenoxy) is 3. The van der Waals surface area contributed by atoms with Gasteiger partial charge in [-0.3, -0.25) is 0 Å². The first-order valence-corrected chi connectivity index (χ1v) is 5.23. The van der Waals surface area contributed by atoms with Crippen LogP contribution in [0, 0.1) is 0 Å². The molecule has 0 spiro atoms. The van der Waals surface area contributed by atoms with Crippen LogP contribution in [-0.4, -0.2) is 62.4 Å². The van der Waals surface area contributed by atoms with Crippen LogP contribution >= 0.6 is 0 Å². The molecule has 6 heteroatoms. The van der Waals surface area contributed by atoms with E-state index in [2.05, 4.69) is 11.3 Å². The number of carbonyl (C=O) groups is 1. The van der Waals surface area contributed by atoms with Crippen molar-refractivity contribution >= 4 is 5.97 Å². The topological polar surface area (TPSA) is 85.2 Å². The normalized spacial score (nSPS) is 11.1. The largest absolute Gasteiger partial charge is 0.466 e. The smallest absolute Gasteiger partial charge is 0.329 e. The zero-order valence-electron chi connectivity index (χ0n) is 10.4. The first kappa shape index (κ1) is 18.4. The van der Waals surface area contributed by atoms with Crippen molar-refractivity contribution in [2.75, 3.05) is 40.1 Å². The zero-order valence-corrected chi connectivity index (χ0v) is 10.4. The Morgan fingerprint density at radius 3 is 2.29 bits per heavy atom. The first-order valence-electron chi connectivity index (χ1n) is 5.23. The van der Waals surface area contributed by atoms with Gasteiger partial charge in [-0.1, -0.05) is 6.58 Å². The molecule has 2 N–H and O–H groups in total.